The summed E-state index contributed by atoms with van der Waals surface area (Å²) in [5.74, 6) is -3.34. The Bertz CT molecular complexity index is 1040. The van der Waals surface area contributed by atoms with Crippen molar-refractivity contribution in [3.8, 4) is 11.3 Å². The smallest absolute Gasteiger partial charge is 0.330 e. The van der Waals surface area contributed by atoms with E-state index in [1.165, 1.54) is 48.0 Å². The van der Waals surface area contributed by atoms with Crippen molar-refractivity contribution in [2.75, 3.05) is 5.32 Å². The Hall–Kier alpha value is -2.87. The maximum atomic E-state index is 13.7. The second-order valence-electron chi connectivity index (χ2n) is 6.19. The van der Waals surface area contributed by atoms with Crippen LogP contribution in [0.4, 0.5) is 27.6 Å². The van der Waals surface area contributed by atoms with Gasteiger partial charge < -0.3 is 9.88 Å². The standard InChI is InChI=1S/C20H14ClF5N2O/c1-11(21)28-10-9-15(20(24,25)26)18(28)12-5-7-13(8-6-12)27-19(29)14-3-2-4-16(22)17(14)23/h2-11H,1H3,(H,27,29). The molecule has 2 aromatic carbocycles. The number of halogens is 6. The second kappa shape index (κ2) is 7.87. The summed E-state index contributed by atoms with van der Waals surface area (Å²) in [5.41, 5.74) is -1.75. The second-order valence-corrected chi connectivity index (χ2v) is 6.82. The van der Waals surface area contributed by atoms with Crippen LogP contribution in [0, 0.1) is 11.6 Å². The van der Waals surface area contributed by atoms with Crippen LogP contribution >= 0.6 is 11.6 Å². The van der Waals surface area contributed by atoms with Crippen LogP contribution in [-0.4, -0.2) is 10.5 Å². The average Bonchev–Trinajstić information content (AvgIpc) is 3.10. The maximum absolute atomic E-state index is 13.7. The molecule has 3 rings (SSSR count). The van der Waals surface area contributed by atoms with Crippen LogP contribution in [0.5, 0.6) is 0 Å². The molecule has 0 saturated carbocycles. The molecule has 1 unspecified atom stereocenters. The normalized spacial score (nSPS) is 12.7. The number of amides is 1. The molecule has 1 heterocycles. The highest BCUT2D eigenvalue weighted by Crippen LogP contribution is 2.39. The molecule has 0 aliphatic rings. The third-order valence-corrected chi connectivity index (χ3v) is 4.43. The summed E-state index contributed by atoms with van der Waals surface area (Å²) in [6.07, 6.45) is -3.33. The van der Waals surface area contributed by atoms with E-state index >= 15 is 0 Å². The van der Waals surface area contributed by atoms with E-state index in [0.717, 1.165) is 18.2 Å². The SMILES string of the molecule is CC(Cl)n1ccc(C(F)(F)F)c1-c1ccc(NC(=O)c2cccc(F)c2F)cc1. The molecule has 1 atom stereocenters. The van der Waals surface area contributed by atoms with Gasteiger partial charge in [-0.15, -0.1) is 0 Å². The highest BCUT2D eigenvalue weighted by molar-refractivity contribution is 6.19. The molecule has 0 aliphatic carbocycles. The van der Waals surface area contributed by atoms with Crippen molar-refractivity contribution in [2.45, 2.75) is 18.6 Å². The summed E-state index contributed by atoms with van der Waals surface area (Å²) >= 11 is 5.99. The van der Waals surface area contributed by atoms with Gasteiger partial charge in [0.1, 0.15) is 5.50 Å². The first kappa shape index (κ1) is 20.9. The number of carbonyl (C=O) groups is 1. The molecule has 9 heteroatoms. The zero-order chi connectivity index (χ0) is 21.3. The molecule has 29 heavy (non-hydrogen) atoms. The zero-order valence-corrected chi connectivity index (χ0v) is 15.7. The van der Waals surface area contributed by atoms with Crippen LogP contribution in [0.15, 0.2) is 54.7 Å². The van der Waals surface area contributed by atoms with Crippen molar-refractivity contribution in [3.05, 3.63) is 77.5 Å². The first-order valence-corrected chi connectivity index (χ1v) is 8.81. The molecular weight excluding hydrogens is 415 g/mol. The fourth-order valence-electron chi connectivity index (χ4n) is 2.87. The predicted molar refractivity (Wildman–Crippen MR) is 99.7 cm³/mol. The van der Waals surface area contributed by atoms with Crippen molar-refractivity contribution in [1.82, 2.24) is 4.57 Å². The molecule has 3 nitrogen and oxygen atoms in total. The molecule has 1 amide bonds. The Morgan fingerprint density at radius 3 is 2.31 bits per heavy atom. The molecule has 1 aromatic heterocycles. The quantitative estimate of drug-likeness (QED) is 0.375. The van der Waals surface area contributed by atoms with E-state index in [2.05, 4.69) is 5.32 Å². The Morgan fingerprint density at radius 1 is 1.07 bits per heavy atom. The molecule has 0 fully saturated rings. The molecule has 0 saturated heterocycles. The first-order valence-electron chi connectivity index (χ1n) is 8.37. The number of rotatable bonds is 4. The van der Waals surface area contributed by atoms with E-state index in [1.54, 1.807) is 0 Å². The van der Waals surface area contributed by atoms with Crippen LogP contribution in [0.25, 0.3) is 11.3 Å². The fraction of sp³-hybridized carbons (Fsp3) is 0.150. The van der Waals surface area contributed by atoms with E-state index in [-0.39, 0.29) is 16.9 Å². The number of hydrogen-bond acceptors (Lipinski definition) is 1. The first-order chi connectivity index (χ1) is 13.6. The van der Waals surface area contributed by atoms with Gasteiger partial charge in [0, 0.05) is 11.9 Å². The molecule has 0 spiro atoms. The summed E-state index contributed by atoms with van der Waals surface area (Å²) in [4.78, 5) is 12.1. The highest BCUT2D eigenvalue weighted by atomic mass is 35.5. The zero-order valence-electron chi connectivity index (χ0n) is 14.9. The Balaban J connectivity index is 1.91. The minimum atomic E-state index is -4.58. The van der Waals surface area contributed by atoms with E-state index in [9.17, 15) is 26.7 Å². The van der Waals surface area contributed by atoms with Crippen LogP contribution in [0.2, 0.25) is 0 Å². The molecule has 0 aliphatic heterocycles. The van der Waals surface area contributed by atoms with Crippen LogP contribution < -0.4 is 5.32 Å². The fourth-order valence-corrected chi connectivity index (χ4v) is 3.03. The van der Waals surface area contributed by atoms with Crippen molar-refractivity contribution < 1.29 is 26.7 Å². The Morgan fingerprint density at radius 2 is 1.72 bits per heavy atom. The van der Waals surface area contributed by atoms with Gasteiger partial charge in [-0.05, 0) is 42.8 Å². The number of nitrogens with zero attached hydrogens (tertiary/aromatic N) is 1. The maximum Gasteiger partial charge on any atom is 0.418 e. The summed E-state index contributed by atoms with van der Waals surface area (Å²) in [6.45, 7) is 1.54. The Labute approximate surface area is 167 Å². The lowest BCUT2D eigenvalue weighted by atomic mass is 10.1. The van der Waals surface area contributed by atoms with E-state index < -0.39 is 40.3 Å². The minimum Gasteiger partial charge on any atom is -0.330 e. The largest absolute Gasteiger partial charge is 0.418 e. The van der Waals surface area contributed by atoms with Gasteiger partial charge in [-0.2, -0.15) is 13.2 Å². The number of alkyl halides is 4. The van der Waals surface area contributed by atoms with E-state index in [0.29, 0.717) is 0 Å². The molecule has 152 valence electrons. The van der Waals surface area contributed by atoms with Gasteiger partial charge in [0.2, 0.25) is 0 Å². The van der Waals surface area contributed by atoms with Crippen molar-refractivity contribution >= 4 is 23.2 Å². The van der Waals surface area contributed by atoms with Gasteiger partial charge in [-0.3, -0.25) is 4.79 Å². The lowest BCUT2D eigenvalue weighted by molar-refractivity contribution is -0.137. The van der Waals surface area contributed by atoms with Gasteiger partial charge in [-0.1, -0.05) is 29.8 Å². The van der Waals surface area contributed by atoms with Crippen LogP contribution in [0.3, 0.4) is 0 Å². The lowest BCUT2D eigenvalue weighted by Crippen LogP contribution is -2.14. The number of benzene rings is 2. The third-order valence-electron chi connectivity index (χ3n) is 4.22. The molecular formula is C20H14ClF5N2O. The molecule has 0 bridgehead atoms. The highest BCUT2D eigenvalue weighted by Gasteiger charge is 2.36. The van der Waals surface area contributed by atoms with E-state index in [4.69, 9.17) is 11.6 Å². The topological polar surface area (TPSA) is 34.0 Å². The summed E-state index contributed by atoms with van der Waals surface area (Å²) < 4.78 is 68.3. The summed E-state index contributed by atoms with van der Waals surface area (Å²) in [6, 6.07) is 9.60. The minimum absolute atomic E-state index is 0.117. The molecule has 1 N–H and O–H groups in total. The van der Waals surface area contributed by atoms with Gasteiger partial charge >= 0.3 is 6.18 Å². The summed E-state index contributed by atoms with van der Waals surface area (Å²) in [5, 5.41) is 2.38. The van der Waals surface area contributed by atoms with Gasteiger partial charge in [0.05, 0.1) is 16.8 Å². The van der Waals surface area contributed by atoms with Crippen molar-refractivity contribution in [1.29, 1.82) is 0 Å². The number of nitrogens with one attached hydrogen (secondary N) is 1. The molecule has 0 radical (unpaired) electrons. The number of hydrogen-bond donors (Lipinski definition) is 1. The average molecular weight is 429 g/mol. The third kappa shape index (κ3) is 4.27. The van der Waals surface area contributed by atoms with Gasteiger partial charge in [0.15, 0.2) is 11.6 Å². The molecule has 3 aromatic rings. The van der Waals surface area contributed by atoms with Crippen molar-refractivity contribution in [2.24, 2.45) is 0 Å². The monoisotopic (exact) mass is 428 g/mol. The van der Waals surface area contributed by atoms with Crippen LogP contribution in [-0.2, 0) is 6.18 Å². The number of aromatic nitrogens is 1. The van der Waals surface area contributed by atoms with Crippen molar-refractivity contribution in [3.63, 3.8) is 0 Å². The predicted octanol–water partition coefficient (Wildman–Crippen LogP) is 6.46. The Kier molecular flexibility index (Phi) is 5.66. The number of carbonyl (C=O) groups excluding carboxylic acids is 1. The summed E-state index contributed by atoms with van der Waals surface area (Å²) in [7, 11) is 0. The van der Waals surface area contributed by atoms with Crippen LogP contribution in [0.1, 0.15) is 28.3 Å². The van der Waals surface area contributed by atoms with E-state index in [1.807, 2.05) is 0 Å². The lowest BCUT2D eigenvalue weighted by Gasteiger charge is -2.15. The number of anilines is 1. The van der Waals surface area contributed by atoms with Gasteiger partial charge in [-0.25, -0.2) is 8.78 Å². The van der Waals surface area contributed by atoms with Gasteiger partial charge in [0.25, 0.3) is 5.91 Å².